The van der Waals surface area contributed by atoms with Crippen molar-refractivity contribution >= 4 is 0 Å². The van der Waals surface area contributed by atoms with Crippen LogP contribution in [0.5, 0.6) is 5.75 Å². The second-order valence-corrected chi connectivity index (χ2v) is 6.95. The van der Waals surface area contributed by atoms with E-state index in [-0.39, 0.29) is 5.54 Å². The first-order valence-electron chi connectivity index (χ1n) is 8.32. The van der Waals surface area contributed by atoms with E-state index >= 15 is 0 Å². The van der Waals surface area contributed by atoms with E-state index in [9.17, 15) is 0 Å². The molecule has 1 aromatic rings. The Morgan fingerprint density at radius 1 is 1.38 bits per heavy atom. The highest BCUT2D eigenvalue weighted by molar-refractivity contribution is 5.39. The van der Waals surface area contributed by atoms with E-state index in [4.69, 9.17) is 4.74 Å². The van der Waals surface area contributed by atoms with Crippen LogP contribution in [0.3, 0.4) is 0 Å². The van der Waals surface area contributed by atoms with Crippen molar-refractivity contribution in [1.82, 2.24) is 10.2 Å². The van der Waals surface area contributed by atoms with E-state index in [0.717, 1.165) is 32.0 Å². The van der Waals surface area contributed by atoms with Crippen molar-refractivity contribution in [2.24, 2.45) is 0 Å². The molecule has 1 fully saturated rings. The number of hydrogen-bond donors (Lipinski definition) is 1. The molecule has 0 aliphatic carbocycles. The molecule has 1 saturated heterocycles. The number of ether oxygens (including phenoxy) is 1. The molecule has 1 N–H and O–H groups in total. The SMILES string of the molecule is CCC1(C)CN(CC2COc3ccccc32)C(C)CCN1. The van der Waals surface area contributed by atoms with Crippen LogP contribution in [0.15, 0.2) is 24.3 Å². The van der Waals surface area contributed by atoms with Gasteiger partial charge in [-0.1, -0.05) is 25.1 Å². The Hall–Kier alpha value is -1.06. The lowest BCUT2D eigenvalue weighted by Gasteiger charge is -2.36. The highest BCUT2D eigenvalue weighted by Gasteiger charge is 2.33. The number of rotatable bonds is 3. The predicted octanol–water partition coefficient (Wildman–Crippen LogP) is 3.02. The van der Waals surface area contributed by atoms with Gasteiger partial charge < -0.3 is 10.1 Å². The van der Waals surface area contributed by atoms with Crippen LogP contribution < -0.4 is 10.1 Å². The maximum atomic E-state index is 5.86. The van der Waals surface area contributed by atoms with Crippen LogP contribution in [0.4, 0.5) is 0 Å². The van der Waals surface area contributed by atoms with Crippen LogP contribution in [-0.4, -0.2) is 42.7 Å². The zero-order chi connectivity index (χ0) is 14.9. The molecule has 0 spiro atoms. The second kappa shape index (κ2) is 5.98. The summed E-state index contributed by atoms with van der Waals surface area (Å²) in [7, 11) is 0. The van der Waals surface area contributed by atoms with E-state index in [1.807, 2.05) is 0 Å². The fourth-order valence-electron chi connectivity index (χ4n) is 3.57. The molecule has 21 heavy (non-hydrogen) atoms. The summed E-state index contributed by atoms with van der Waals surface area (Å²) in [6.45, 7) is 11.2. The van der Waals surface area contributed by atoms with Crippen LogP contribution in [0, 0.1) is 0 Å². The molecule has 3 heteroatoms. The molecule has 0 radical (unpaired) electrons. The molecule has 116 valence electrons. The van der Waals surface area contributed by atoms with Crippen LogP contribution in [0.2, 0.25) is 0 Å². The molecular formula is C18H28N2O. The molecule has 3 unspecified atom stereocenters. The van der Waals surface area contributed by atoms with Gasteiger partial charge in [0, 0.05) is 36.2 Å². The average Bonchev–Trinajstić information content (AvgIpc) is 2.83. The topological polar surface area (TPSA) is 24.5 Å². The number of fused-ring (bicyclic) bond motifs is 1. The number of para-hydroxylation sites is 1. The molecule has 0 aromatic heterocycles. The van der Waals surface area contributed by atoms with Crippen LogP contribution in [-0.2, 0) is 0 Å². The van der Waals surface area contributed by atoms with Crippen LogP contribution >= 0.6 is 0 Å². The van der Waals surface area contributed by atoms with Crippen molar-refractivity contribution in [3.63, 3.8) is 0 Å². The van der Waals surface area contributed by atoms with E-state index in [1.165, 1.54) is 18.4 Å². The van der Waals surface area contributed by atoms with Gasteiger partial charge in [0.05, 0.1) is 6.61 Å². The maximum Gasteiger partial charge on any atom is 0.122 e. The van der Waals surface area contributed by atoms with Gasteiger partial charge in [-0.3, -0.25) is 4.90 Å². The first-order chi connectivity index (χ1) is 10.1. The Balaban J connectivity index is 1.74. The fourth-order valence-corrected chi connectivity index (χ4v) is 3.57. The van der Waals surface area contributed by atoms with E-state index in [0.29, 0.717) is 12.0 Å². The quantitative estimate of drug-likeness (QED) is 0.925. The molecule has 2 aliphatic heterocycles. The van der Waals surface area contributed by atoms with Gasteiger partial charge in [0.1, 0.15) is 5.75 Å². The Morgan fingerprint density at radius 2 is 2.19 bits per heavy atom. The second-order valence-electron chi connectivity index (χ2n) is 6.95. The van der Waals surface area contributed by atoms with Gasteiger partial charge >= 0.3 is 0 Å². The summed E-state index contributed by atoms with van der Waals surface area (Å²) in [5.74, 6) is 1.60. The van der Waals surface area contributed by atoms with Crippen LogP contribution in [0.1, 0.15) is 45.1 Å². The van der Waals surface area contributed by atoms with Crippen molar-refractivity contribution in [2.75, 3.05) is 26.2 Å². The summed E-state index contributed by atoms with van der Waals surface area (Å²) in [6.07, 6.45) is 2.40. The van der Waals surface area contributed by atoms with Crippen molar-refractivity contribution in [2.45, 2.75) is 51.1 Å². The summed E-state index contributed by atoms with van der Waals surface area (Å²) in [5, 5.41) is 3.74. The summed E-state index contributed by atoms with van der Waals surface area (Å²) in [6, 6.07) is 9.16. The minimum atomic E-state index is 0.240. The fraction of sp³-hybridized carbons (Fsp3) is 0.667. The Labute approximate surface area is 128 Å². The van der Waals surface area contributed by atoms with Crippen molar-refractivity contribution < 1.29 is 4.74 Å². The van der Waals surface area contributed by atoms with Crippen molar-refractivity contribution in [3.05, 3.63) is 29.8 Å². The minimum absolute atomic E-state index is 0.240. The minimum Gasteiger partial charge on any atom is -0.493 e. The predicted molar refractivity (Wildman–Crippen MR) is 87.0 cm³/mol. The van der Waals surface area contributed by atoms with E-state index in [2.05, 4.69) is 55.3 Å². The molecule has 2 heterocycles. The normalized spacial score (nSPS) is 33.3. The largest absolute Gasteiger partial charge is 0.493 e. The van der Waals surface area contributed by atoms with Gasteiger partial charge in [-0.15, -0.1) is 0 Å². The van der Waals surface area contributed by atoms with Gasteiger partial charge in [-0.2, -0.15) is 0 Å². The number of hydrogen-bond acceptors (Lipinski definition) is 3. The number of nitrogens with one attached hydrogen (secondary N) is 1. The first-order valence-corrected chi connectivity index (χ1v) is 8.32. The highest BCUT2D eigenvalue weighted by atomic mass is 16.5. The summed E-state index contributed by atoms with van der Waals surface area (Å²) in [4.78, 5) is 2.67. The van der Waals surface area contributed by atoms with Crippen LogP contribution in [0.25, 0.3) is 0 Å². The van der Waals surface area contributed by atoms with Crippen molar-refractivity contribution in [3.8, 4) is 5.75 Å². The molecule has 2 aliphatic rings. The van der Waals surface area contributed by atoms with Gasteiger partial charge in [0.25, 0.3) is 0 Å². The molecule has 3 atom stereocenters. The zero-order valence-electron chi connectivity index (χ0n) is 13.6. The molecule has 0 saturated carbocycles. The third-order valence-corrected chi connectivity index (χ3v) is 5.32. The molecule has 0 amide bonds. The lowest BCUT2D eigenvalue weighted by molar-refractivity contribution is 0.154. The monoisotopic (exact) mass is 288 g/mol. The Morgan fingerprint density at radius 3 is 3.00 bits per heavy atom. The van der Waals surface area contributed by atoms with Gasteiger partial charge in [0.15, 0.2) is 0 Å². The molecule has 3 nitrogen and oxygen atoms in total. The molecule has 0 bridgehead atoms. The van der Waals surface area contributed by atoms with Gasteiger partial charge in [0.2, 0.25) is 0 Å². The number of nitrogens with zero attached hydrogens (tertiary/aromatic N) is 1. The maximum absolute atomic E-state index is 5.86. The van der Waals surface area contributed by atoms with Gasteiger partial charge in [-0.05, 0) is 39.3 Å². The highest BCUT2D eigenvalue weighted by Crippen LogP contribution is 2.35. The standard InChI is InChI=1S/C18H28N2O/c1-4-18(3)13-20(14(2)9-10-19-18)11-15-12-21-17-8-6-5-7-16(15)17/h5-8,14-15,19H,4,9-13H2,1-3H3. The third kappa shape index (κ3) is 3.09. The lowest BCUT2D eigenvalue weighted by atomic mass is 9.96. The van der Waals surface area contributed by atoms with Gasteiger partial charge in [-0.25, -0.2) is 0 Å². The Kier molecular flexibility index (Phi) is 4.23. The average molecular weight is 288 g/mol. The summed E-state index contributed by atoms with van der Waals surface area (Å²) < 4.78 is 5.86. The Bertz CT molecular complexity index is 490. The zero-order valence-corrected chi connectivity index (χ0v) is 13.6. The van der Waals surface area contributed by atoms with E-state index < -0.39 is 0 Å². The lowest BCUT2D eigenvalue weighted by Crippen LogP contribution is -2.50. The van der Waals surface area contributed by atoms with E-state index in [1.54, 1.807) is 0 Å². The molecule has 3 rings (SSSR count). The summed E-state index contributed by atoms with van der Waals surface area (Å²) in [5.41, 5.74) is 1.63. The first kappa shape index (κ1) is 14.9. The molecular weight excluding hydrogens is 260 g/mol. The molecule has 1 aromatic carbocycles. The summed E-state index contributed by atoms with van der Waals surface area (Å²) >= 11 is 0. The third-order valence-electron chi connectivity index (χ3n) is 5.32. The van der Waals surface area contributed by atoms with Crippen molar-refractivity contribution in [1.29, 1.82) is 0 Å². The smallest absolute Gasteiger partial charge is 0.122 e. The number of benzene rings is 1.